The van der Waals surface area contributed by atoms with Crippen LogP contribution in [0, 0.1) is 0 Å². The van der Waals surface area contributed by atoms with E-state index in [1.54, 1.807) is 0 Å². The van der Waals surface area contributed by atoms with E-state index >= 15 is 0 Å². The van der Waals surface area contributed by atoms with E-state index in [4.69, 9.17) is 0 Å². The molecule has 9 nitrogen and oxygen atoms in total. The smallest absolute Gasteiger partial charge is 0.326 e. The van der Waals surface area contributed by atoms with Crippen molar-refractivity contribution < 1.29 is 27.9 Å². The molecule has 26 heavy (non-hydrogen) atoms. The lowest BCUT2D eigenvalue weighted by atomic mass is 10.1. The molecule has 0 saturated carbocycles. The van der Waals surface area contributed by atoms with Gasteiger partial charge in [-0.2, -0.15) is 4.31 Å². The van der Waals surface area contributed by atoms with Gasteiger partial charge in [0, 0.05) is 25.2 Å². The average Bonchev–Trinajstić information content (AvgIpc) is 3.11. The third kappa shape index (κ3) is 3.42. The Balaban J connectivity index is 1.79. The number of amides is 2. The molecule has 0 aromatic heterocycles. The topological polar surface area (TPSA) is 124 Å². The Morgan fingerprint density at radius 1 is 1.15 bits per heavy atom. The van der Waals surface area contributed by atoms with Crippen LogP contribution in [0.5, 0.6) is 0 Å². The van der Waals surface area contributed by atoms with Crippen LogP contribution in [0.2, 0.25) is 0 Å². The zero-order valence-electron chi connectivity index (χ0n) is 13.9. The Kier molecular flexibility index (Phi) is 4.97. The van der Waals surface area contributed by atoms with Crippen molar-refractivity contribution in [3.8, 4) is 0 Å². The van der Waals surface area contributed by atoms with Crippen molar-refractivity contribution >= 4 is 27.8 Å². The minimum absolute atomic E-state index is 0.0139. The number of nitrogens with one attached hydrogen (secondary N) is 1. The summed E-state index contributed by atoms with van der Waals surface area (Å²) in [4.78, 5) is 36.4. The predicted molar refractivity (Wildman–Crippen MR) is 89.9 cm³/mol. The molecule has 1 aromatic carbocycles. The molecule has 140 valence electrons. The van der Waals surface area contributed by atoms with Crippen molar-refractivity contribution in [1.29, 1.82) is 0 Å². The highest BCUT2D eigenvalue weighted by molar-refractivity contribution is 7.89. The summed E-state index contributed by atoms with van der Waals surface area (Å²) < 4.78 is 26.3. The highest BCUT2D eigenvalue weighted by Gasteiger charge is 2.35. The number of carboxylic acid groups (broad SMARTS) is 1. The van der Waals surface area contributed by atoms with Gasteiger partial charge in [-0.25, -0.2) is 13.2 Å². The molecule has 2 amide bonds. The summed E-state index contributed by atoms with van der Waals surface area (Å²) in [6, 6.07) is 4.51. The molecule has 3 rings (SSSR count). The third-order valence-electron chi connectivity index (χ3n) is 4.54. The predicted octanol–water partition coefficient (Wildman–Crippen LogP) is -0.504. The minimum atomic E-state index is -3.83. The molecule has 1 atom stereocenters. The summed E-state index contributed by atoms with van der Waals surface area (Å²) in [7, 11) is -3.83. The lowest BCUT2D eigenvalue weighted by Crippen LogP contribution is -2.49. The summed E-state index contributed by atoms with van der Waals surface area (Å²) in [6.45, 7) is 0.554. The fraction of sp³-hybridized carbons (Fsp3) is 0.438. The summed E-state index contributed by atoms with van der Waals surface area (Å²) in [5.41, 5.74) is 0.230. The van der Waals surface area contributed by atoms with Crippen molar-refractivity contribution in [2.75, 3.05) is 26.2 Å². The molecule has 0 bridgehead atoms. The molecule has 1 aromatic rings. The molecule has 2 N–H and O–H groups in total. The van der Waals surface area contributed by atoms with Crippen LogP contribution in [0.25, 0.3) is 0 Å². The summed E-state index contributed by atoms with van der Waals surface area (Å²) in [5.74, 6) is -1.84. The second-order valence-electron chi connectivity index (χ2n) is 6.21. The van der Waals surface area contributed by atoms with E-state index in [0.717, 1.165) is 4.31 Å². The molecule has 10 heteroatoms. The van der Waals surface area contributed by atoms with Gasteiger partial charge in [0.15, 0.2) is 0 Å². The number of hydrogen-bond acceptors (Lipinski definition) is 5. The molecular weight excluding hydrogens is 362 g/mol. The molecule has 2 heterocycles. The van der Waals surface area contributed by atoms with E-state index < -0.39 is 27.9 Å². The van der Waals surface area contributed by atoms with Crippen LogP contribution in [0.15, 0.2) is 29.2 Å². The van der Waals surface area contributed by atoms with Gasteiger partial charge in [-0.1, -0.05) is 0 Å². The number of carboxylic acids is 1. The second kappa shape index (κ2) is 7.04. The van der Waals surface area contributed by atoms with Crippen molar-refractivity contribution in [1.82, 2.24) is 14.5 Å². The lowest BCUT2D eigenvalue weighted by molar-refractivity contribution is -0.141. The number of rotatable bonds is 4. The molecule has 0 spiro atoms. The summed E-state index contributed by atoms with van der Waals surface area (Å²) in [6.07, 6.45) is 1.02. The Morgan fingerprint density at radius 2 is 1.85 bits per heavy atom. The molecule has 0 radical (unpaired) electrons. The van der Waals surface area contributed by atoms with Crippen LogP contribution in [0.4, 0.5) is 0 Å². The van der Waals surface area contributed by atoms with Crippen LogP contribution in [-0.4, -0.2) is 72.7 Å². The maximum absolute atomic E-state index is 12.6. The quantitative estimate of drug-likeness (QED) is 0.724. The molecule has 2 fully saturated rings. The van der Waals surface area contributed by atoms with E-state index in [1.165, 1.54) is 29.2 Å². The van der Waals surface area contributed by atoms with Crippen molar-refractivity contribution in [2.45, 2.75) is 23.8 Å². The van der Waals surface area contributed by atoms with Gasteiger partial charge in [0.25, 0.3) is 5.91 Å². The second-order valence-corrected chi connectivity index (χ2v) is 8.15. The van der Waals surface area contributed by atoms with Crippen LogP contribution in [0.3, 0.4) is 0 Å². The third-order valence-corrected chi connectivity index (χ3v) is 6.40. The van der Waals surface area contributed by atoms with E-state index in [0.29, 0.717) is 19.4 Å². The van der Waals surface area contributed by atoms with E-state index in [1.807, 2.05) is 0 Å². The Morgan fingerprint density at radius 3 is 2.46 bits per heavy atom. The number of hydrogen-bond donors (Lipinski definition) is 2. The fourth-order valence-electron chi connectivity index (χ4n) is 3.17. The normalized spacial score (nSPS) is 21.5. The van der Waals surface area contributed by atoms with Gasteiger partial charge in [0.1, 0.15) is 6.04 Å². The van der Waals surface area contributed by atoms with Gasteiger partial charge in [0.05, 0.1) is 11.4 Å². The SMILES string of the molecule is O=C1CN(S(=O)(=O)c2ccc(C(=O)N3CCC[C@H]3C(=O)O)cc2)CCN1. The monoisotopic (exact) mass is 381 g/mol. The number of aliphatic carboxylic acids is 1. The first-order chi connectivity index (χ1) is 12.3. The van der Waals surface area contributed by atoms with Gasteiger partial charge in [-0.3, -0.25) is 9.59 Å². The zero-order chi connectivity index (χ0) is 18.9. The minimum Gasteiger partial charge on any atom is -0.480 e. The highest BCUT2D eigenvalue weighted by Crippen LogP contribution is 2.22. The highest BCUT2D eigenvalue weighted by atomic mass is 32.2. The zero-order valence-corrected chi connectivity index (χ0v) is 14.7. The number of likely N-dealkylation sites (tertiary alicyclic amines) is 1. The van der Waals surface area contributed by atoms with Crippen molar-refractivity contribution in [2.24, 2.45) is 0 Å². The first kappa shape index (κ1) is 18.3. The molecule has 0 unspecified atom stereocenters. The number of carbonyl (C=O) groups is 3. The summed E-state index contributed by atoms with van der Waals surface area (Å²) >= 11 is 0. The number of piperazine rings is 1. The van der Waals surface area contributed by atoms with Crippen molar-refractivity contribution in [3.63, 3.8) is 0 Å². The maximum atomic E-state index is 12.6. The maximum Gasteiger partial charge on any atom is 0.326 e. The van der Waals surface area contributed by atoms with E-state index in [2.05, 4.69) is 5.32 Å². The average molecular weight is 381 g/mol. The number of benzene rings is 1. The first-order valence-corrected chi connectivity index (χ1v) is 9.65. The number of nitrogens with zero attached hydrogens (tertiary/aromatic N) is 2. The van der Waals surface area contributed by atoms with Crippen LogP contribution >= 0.6 is 0 Å². The van der Waals surface area contributed by atoms with Crippen LogP contribution in [0.1, 0.15) is 23.2 Å². The number of sulfonamides is 1. The van der Waals surface area contributed by atoms with Crippen molar-refractivity contribution in [3.05, 3.63) is 29.8 Å². The standard InChI is InChI=1S/C16H19N3O6S/c20-14-10-18(9-7-17-14)26(24,25)12-5-3-11(4-6-12)15(21)19-8-1-2-13(19)16(22)23/h3-6,13H,1-2,7-10H2,(H,17,20)(H,22,23)/t13-/m0/s1. The Labute approximate surface area is 150 Å². The largest absolute Gasteiger partial charge is 0.480 e. The molecule has 2 saturated heterocycles. The fourth-order valence-corrected chi connectivity index (χ4v) is 4.57. The van der Waals surface area contributed by atoms with Gasteiger partial charge < -0.3 is 15.3 Å². The molecule has 2 aliphatic heterocycles. The van der Waals surface area contributed by atoms with Crippen LogP contribution < -0.4 is 5.32 Å². The Hall–Kier alpha value is -2.46. The number of carbonyl (C=O) groups excluding carboxylic acids is 2. The molecule has 2 aliphatic rings. The van der Waals surface area contributed by atoms with E-state index in [-0.39, 0.29) is 36.0 Å². The van der Waals surface area contributed by atoms with Gasteiger partial charge in [-0.15, -0.1) is 0 Å². The lowest BCUT2D eigenvalue weighted by Gasteiger charge is -2.26. The van der Waals surface area contributed by atoms with Gasteiger partial charge >= 0.3 is 5.97 Å². The molecule has 0 aliphatic carbocycles. The van der Waals surface area contributed by atoms with E-state index in [9.17, 15) is 27.9 Å². The van der Waals surface area contributed by atoms with Crippen LogP contribution in [-0.2, 0) is 19.6 Å². The molecular formula is C16H19N3O6S. The summed E-state index contributed by atoms with van der Waals surface area (Å²) in [5, 5.41) is 11.7. The van der Waals surface area contributed by atoms with Gasteiger partial charge in [-0.05, 0) is 37.1 Å². The van der Waals surface area contributed by atoms with Gasteiger partial charge in [0.2, 0.25) is 15.9 Å². The Bertz CT molecular complexity index is 836. The first-order valence-electron chi connectivity index (χ1n) is 8.21.